The maximum atomic E-state index is 6.08. The first-order valence-corrected chi connectivity index (χ1v) is 7.37. The molecule has 2 aliphatic rings. The Morgan fingerprint density at radius 2 is 2.11 bits per heavy atom. The molecule has 0 bridgehead atoms. The van der Waals surface area contributed by atoms with E-state index in [9.17, 15) is 0 Å². The lowest BCUT2D eigenvalue weighted by molar-refractivity contribution is 0.0573. The van der Waals surface area contributed by atoms with E-state index in [-0.39, 0.29) is 0 Å². The maximum absolute atomic E-state index is 6.08. The van der Waals surface area contributed by atoms with Gasteiger partial charge in [0.2, 0.25) is 0 Å². The first-order chi connectivity index (χ1) is 8.78. The number of hydrogen-bond donors (Lipinski definition) is 1. The molecule has 0 atom stereocenters. The van der Waals surface area contributed by atoms with Crippen LogP contribution in [0.25, 0.3) is 0 Å². The van der Waals surface area contributed by atoms with Gasteiger partial charge in [-0.1, -0.05) is 36.6 Å². The van der Waals surface area contributed by atoms with E-state index in [4.69, 9.17) is 11.6 Å². The minimum atomic E-state index is 0.417. The molecule has 0 unspecified atom stereocenters. The molecular weight excluding hydrogens is 244 g/mol. The molecule has 1 spiro atoms. The summed E-state index contributed by atoms with van der Waals surface area (Å²) in [5.41, 5.74) is 1.76. The number of piperazine rings is 1. The van der Waals surface area contributed by atoms with Crippen LogP contribution >= 0.6 is 11.6 Å². The van der Waals surface area contributed by atoms with E-state index in [0.717, 1.165) is 31.2 Å². The highest BCUT2D eigenvalue weighted by atomic mass is 35.5. The molecule has 18 heavy (non-hydrogen) atoms. The number of nitrogens with one attached hydrogen (secondary N) is 1. The van der Waals surface area contributed by atoms with Crippen molar-refractivity contribution in [1.82, 2.24) is 10.2 Å². The molecule has 1 N–H and O–H groups in total. The van der Waals surface area contributed by atoms with Gasteiger partial charge in [-0.2, -0.15) is 0 Å². The third-order valence-electron chi connectivity index (χ3n) is 4.48. The van der Waals surface area contributed by atoms with Gasteiger partial charge in [-0.25, -0.2) is 0 Å². The predicted octanol–water partition coefficient (Wildman–Crippen LogP) is 3.06. The average Bonchev–Trinajstić information content (AvgIpc) is 2.82. The highest BCUT2D eigenvalue weighted by Crippen LogP contribution is 2.37. The fourth-order valence-electron chi connectivity index (χ4n) is 3.51. The second-order valence-corrected chi connectivity index (χ2v) is 6.10. The van der Waals surface area contributed by atoms with Crippen LogP contribution in [-0.2, 0) is 6.54 Å². The quantitative estimate of drug-likeness (QED) is 0.883. The largest absolute Gasteiger partial charge is 0.314 e. The van der Waals surface area contributed by atoms with Crippen molar-refractivity contribution >= 4 is 11.6 Å². The first kappa shape index (κ1) is 12.5. The molecule has 1 aromatic carbocycles. The summed E-state index contributed by atoms with van der Waals surface area (Å²) in [5, 5.41) is 4.43. The molecule has 0 aromatic heterocycles. The second kappa shape index (κ2) is 5.20. The molecule has 2 fully saturated rings. The van der Waals surface area contributed by atoms with Crippen LogP contribution in [0.5, 0.6) is 0 Å². The van der Waals surface area contributed by atoms with E-state index in [2.05, 4.69) is 28.4 Å². The lowest BCUT2D eigenvalue weighted by Gasteiger charge is -2.45. The Morgan fingerprint density at radius 3 is 2.89 bits per heavy atom. The van der Waals surface area contributed by atoms with Crippen LogP contribution in [0.4, 0.5) is 0 Å². The molecule has 0 radical (unpaired) electrons. The molecule has 1 heterocycles. The molecule has 1 saturated heterocycles. The highest BCUT2D eigenvalue weighted by molar-refractivity contribution is 6.30. The number of benzene rings is 1. The molecule has 2 nitrogen and oxygen atoms in total. The van der Waals surface area contributed by atoms with E-state index in [1.54, 1.807) is 0 Å². The first-order valence-electron chi connectivity index (χ1n) is 6.99. The van der Waals surface area contributed by atoms with Gasteiger partial charge in [-0.05, 0) is 30.5 Å². The standard InChI is InChI=1S/C15H21ClN2/c16-14-5-3-4-13(10-14)11-18-9-8-17-12-15(18)6-1-2-7-15/h3-5,10,17H,1-2,6-9,11-12H2. The molecule has 3 rings (SSSR count). The van der Waals surface area contributed by atoms with Crippen LogP contribution in [-0.4, -0.2) is 30.1 Å². The Labute approximate surface area is 114 Å². The highest BCUT2D eigenvalue weighted by Gasteiger charge is 2.40. The molecule has 1 aromatic rings. The SMILES string of the molecule is Clc1cccc(CN2CCNCC23CCCC3)c1. The minimum Gasteiger partial charge on any atom is -0.314 e. The topological polar surface area (TPSA) is 15.3 Å². The summed E-state index contributed by atoms with van der Waals surface area (Å²) in [6.07, 6.45) is 5.46. The number of rotatable bonds is 2. The van der Waals surface area contributed by atoms with Crippen molar-refractivity contribution in [2.24, 2.45) is 0 Å². The van der Waals surface area contributed by atoms with E-state index in [0.29, 0.717) is 5.54 Å². The summed E-state index contributed by atoms with van der Waals surface area (Å²) >= 11 is 6.08. The third kappa shape index (κ3) is 2.42. The van der Waals surface area contributed by atoms with Gasteiger partial charge in [-0.3, -0.25) is 4.90 Å². The zero-order chi connectivity index (χ0) is 12.4. The van der Waals surface area contributed by atoms with Gasteiger partial charge < -0.3 is 5.32 Å². The molecule has 3 heteroatoms. The van der Waals surface area contributed by atoms with Gasteiger partial charge in [0.15, 0.2) is 0 Å². The fraction of sp³-hybridized carbons (Fsp3) is 0.600. The van der Waals surface area contributed by atoms with E-state index >= 15 is 0 Å². The maximum Gasteiger partial charge on any atom is 0.0409 e. The van der Waals surface area contributed by atoms with E-state index < -0.39 is 0 Å². The van der Waals surface area contributed by atoms with Crippen LogP contribution in [0.2, 0.25) is 5.02 Å². The Bertz CT molecular complexity index is 413. The van der Waals surface area contributed by atoms with Crippen molar-refractivity contribution in [3.05, 3.63) is 34.9 Å². The van der Waals surface area contributed by atoms with E-state index in [1.165, 1.54) is 31.2 Å². The van der Waals surface area contributed by atoms with Crippen LogP contribution < -0.4 is 5.32 Å². The van der Waals surface area contributed by atoms with Crippen LogP contribution in [0.1, 0.15) is 31.2 Å². The number of hydrogen-bond acceptors (Lipinski definition) is 2. The van der Waals surface area contributed by atoms with Crippen molar-refractivity contribution in [1.29, 1.82) is 0 Å². The lowest BCUT2D eigenvalue weighted by atomic mass is 9.92. The van der Waals surface area contributed by atoms with Crippen molar-refractivity contribution in [3.8, 4) is 0 Å². The second-order valence-electron chi connectivity index (χ2n) is 5.66. The third-order valence-corrected chi connectivity index (χ3v) is 4.72. The van der Waals surface area contributed by atoms with Gasteiger partial charge >= 0.3 is 0 Å². The van der Waals surface area contributed by atoms with Gasteiger partial charge in [0.25, 0.3) is 0 Å². The number of halogens is 1. The van der Waals surface area contributed by atoms with Crippen molar-refractivity contribution < 1.29 is 0 Å². The Hall–Kier alpha value is -0.570. The van der Waals surface area contributed by atoms with Crippen LogP contribution in [0.15, 0.2) is 24.3 Å². The van der Waals surface area contributed by atoms with Gasteiger partial charge in [-0.15, -0.1) is 0 Å². The Balaban J connectivity index is 1.77. The predicted molar refractivity (Wildman–Crippen MR) is 75.9 cm³/mol. The Morgan fingerprint density at radius 1 is 1.28 bits per heavy atom. The monoisotopic (exact) mass is 264 g/mol. The smallest absolute Gasteiger partial charge is 0.0409 e. The lowest BCUT2D eigenvalue weighted by Crippen LogP contribution is -2.59. The molecule has 0 amide bonds. The molecule has 1 aliphatic heterocycles. The fourth-order valence-corrected chi connectivity index (χ4v) is 3.73. The zero-order valence-corrected chi connectivity index (χ0v) is 11.5. The molecule has 98 valence electrons. The summed E-state index contributed by atoms with van der Waals surface area (Å²) in [7, 11) is 0. The summed E-state index contributed by atoms with van der Waals surface area (Å²) in [6, 6.07) is 8.30. The van der Waals surface area contributed by atoms with Gasteiger partial charge in [0, 0.05) is 36.7 Å². The Kier molecular flexibility index (Phi) is 3.60. The molecule has 1 aliphatic carbocycles. The summed E-state index contributed by atoms with van der Waals surface area (Å²) in [6.45, 7) is 4.48. The summed E-state index contributed by atoms with van der Waals surface area (Å²) in [4.78, 5) is 2.68. The van der Waals surface area contributed by atoms with Crippen molar-refractivity contribution in [2.75, 3.05) is 19.6 Å². The molecular formula is C15H21ClN2. The minimum absolute atomic E-state index is 0.417. The van der Waals surface area contributed by atoms with Gasteiger partial charge in [0.1, 0.15) is 0 Å². The zero-order valence-electron chi connectivity index (χ0n) is 10.8. The average molecular weight is 265 g/mol. The van der Waals surface area contributed by atoms with Crippen LogP contribution in [0.3, 0.4) is 0 Å². The molecule has 1 saturated carbocycles. The van der Waals surface area contributed by atoms with Crippen molar-refractivity contribution in [3.63, 3.8) is 0 Å². The van der Waals surface area contributed by atoms with Crippen molar-refractivity contribution in [2.45, 2.75) is 37.8 Å². The summed E-state index contributed by atoms with van der Waals surface area (Å²) in [5.74, 6) is 0. The van der Waals surface area contributed by atoms with E-state index in [1.807, 2.05) is 6.07 Å². The van der Waals surface area contributed by atoms with Gasteiger partial charge in [0.05, 0.1) is 0 Å². The van der Waals surface area contributed by atoms with Crippen LogP contribution in [0, 0.1) is 0 Å². The normalized spacial score (nSPS) is 23.6. The number of nitrogens with zero attached hydrogens (tertiary/aromatic N) is 1. The summed E-state index contributed by atoms with van der Waals surface area (Å²) < 4.78 is 0.